The van der Waals surface area contributed by atoms with Crippen LogP contribution in [0, 0.1) is 27.6 Å². The maximum absolute atomic E-state index is 11.2. The van der Waals surface area contributed by atoms with E-state index < -0.39 is 10.8 Å². The Morgan fingerprint density at radius 3 is 2.10 bits per heavy atom. The molecular weight excluding hydrogens is 318 g/mol. The van der Waals surface area contributed by atoms with Gasteiger partial charge in [0.2, 0.25) is 0 Å². The van der Waals surface area contributed by atoms with Crippen molar-refractivity contribution in [1.82, 2.24) is 0 Å². The van der Waals surface area contributed by atoms with E-state index in [2.05, 4.69) is 33.2 Å². The van der Waals surface area contributed by atoms with E-state index in [0.29, 0.717) is 16.5 Å². The molecule has 0 bridgehead atoms. The summed E-state index contributed by atoms with van der Waals surface area (Å²) >= 11 is 3.33. The Kier molecular flexibility index (Phi) is 4.68. The van der Waals surface area contributed by atoms with Crippen LogP contribution in [0.15, 0.2) is 17.3 Å². The Balaban J connectivity index is 3.75. The predicted molar refractivity (Wildman–Crippen MR) is 81.8 cm³/mol. The zero-order valence-electron chi connectivity index (χ0n) is 12.0. The van der Waals surface area contributed by atoms with Gasteiger partial charge < -0.3 is 0 Å². The van der Waals surface area contributed by atoms with E-state index in [0.717, 1.165) is 5.56 Å². The number of hydrogen-bond acceptors (Lipinski definition) is 4. The number of hydrogen-bond donors (Lipinski definition) is 0. The van der Waals surface area contributed by atoms with E-state index in [4.69, 9.17) is 0 Å². The monoisotopic (exact) mass is 333 g/mol. The van der Waals surface area contributed by atoms with Crippen molar-refractivity contribution in [2.75, 3.05) is 0 Å². The molecule has 1 aromatic rings. The SMILES string of the molecule is CC(C)(C#N)c1cc(CBr)c(N=O)c(C(C)(C)C#N)c1. The van der Waals surface area contributed by atoms with Gasteiger partial charge in [-0.3, -0.25) is 0 Å². The summed E-state index contributed by atoms with van der Waals surface area (Å²) in [5.74, 6) is 0. The molecule has 0 aliphatic carbocycles. The molecule has 0 fully saturated rings. The third-order valence-corrected chi connectivity index (χ3v) is 3.98. The normalized spacial score (nSPS) is 11.6. The van der Waals surface area contributed by atoms with Gasteiger partial charge in [0.1, 0.15) is 5.69 Å². The molecule has 0 spiro atoms. The quantitative estimate of drug-likeness (QED) is 0.597. The maximum atomic E-state index is 11.2. The third kappa shape index (κ3) is 2.89. The molecule has 4 nitrogen and oxygen atoms in total. The van der Waals surface area contributed by atoms with E-state index in [1.807, 2.05) is 0 Å². The first-order valence-corrected chi connectivity index (χ1v) is 7.25. The van der Waals surface area contributed by atoms with Crippen LogP contribution in [0.5, 0.6) is 0 Å². The van der Waals surface area contributed by atoms with Crippen molar-refractivity contribution < 1.29 is 0 Å². The molecule has 104 valence electrons. The molecule has 0 aliphatic heterocycles. The highest BCUT2D eigenvalue weighted by molar-refractivity contribution is 9.08. The largest absolute Gasteiger partial charge is 0.197 e. The molecule has 0 atom stereocenters. The van der Waals surface area contributed by atoms with E-state index in [9.17, 15) is 15.4 Å². The highest BCUT2D eigenvalue weighted by Gasteiger charge is 2.30. The molecule has 0 saturated heterocycles. The Morgan fingerprint density at radius 1 is 1.15 bits per heavy atom. The summed E-state index contributed by atoms with van der Waals surface area (Å²) in [6.45, 7) is 7.07. The first-order valence-electron chi connectivity index (χ1n) is 6.13. The fourth-order valence-corrected chi connectivity index (χ4v) is 2.29. The molecule has 0 aliphatic rings. The Bertz CT molecular complexity index is 621. The lowest BCUT2D eigenvalue weighted by Gasteiger charge is -2.24. The highest BCUT2D eigenvalue weighted by Crippen LogP contribution is 2.39. The van der Waals surface area contributed by atoms with Gasteiger partial charge in [-0.25, -0.2) is 0 Å². The van der Waals surface area contributed by atoms with Gasteiger partial charge in [0.25, 0.3) is 0 Å². The molecule has 20 heavy (non-hydrogen) atoms. The van der Waals surface area contributed by atoms with Crippen molar-refractivity contribution in [3.05, 3.63) is 33.7 Å². The minimum absolute atomic E-state index is 0.283. The lowest BCUT2D eigenvalue weighted by atomic mass is 9.78. The van der Waals surface area contributed by atoms with Crippen molar-refractivity contribution in [2.24, 2.45) is 5.18 Å². The van der Waals surface area contributed by atoms with Gasteiger partial charge in [0.15, 0.2) is 0 Å². The fraction of sp³-hybridized carbons (Fsp3) is 0.467. The average molecular weight is 334 g/mol. The second-order valence-electron chi connectivity index (χ2n) is 5.73. The summed E-state index contributed by atoms with van der Waals surface area (Å²) in [5, 5.41) is 22.1. The minimum Gasteiger partial charge on any atom is -0.197 e. The average Bonchev–Trinajstić information content (AvgIpc) is 2.45. The predicted octanol–water partition coefficient (Wildman–Crippen LogP) is 4.58. The number of nitrogens with zero attached hydrogens (tertiary/aromatic N) is 3. The van der Waals surface area contributed by atoms with Crippen LogP contribution in [0.1, 0.15) is 44.4 Å². The summed E-state index contributed by atoms with van der Waals surface area (Å²) in [6.07, 6.45) is 0. The standard InChI is InChI=1S/C15H16BrN3O/c1-14(2,8-17)11-5-10(7-16)13(19-20)12(6-11)15(3,4)9-18/h5-6H,7H2,1-4H3. The Labute approximate surface area is 127 Å². The van der Waals surface area contributed by atoms with E-state index in [1.165, 1.54) is 0 Å². The summed E-state index contributed by atoms with van der Waals surface area (Å²) in [6, 6.07) is 7.96. The Morgan fingerprint density at radius 2 is 1.70 bits per heavy atom. The van der Waals surface area contributed by atoms with Crippen LogP contribution in [0.4, 0.5) is 5.69 Å². The third-order valence-electron chi connectivity index (χ3n) is 3.38. The lowest BCUT2D eigenvalue weighted by molar-refractivity contribution is 0.660. The van der Waals surface area contributed by atoms with Crippen molar-refractivity contribution in [2.45, 2.75) is 43.9 Å². The topological polar surface area (TPSA) is 77.0 Å². The lowest BCUT2D eigenvalue weighted by Crippen LogP contribution is -2.19. The van der Waals surface area contributed by atoms with E-state index in [-0.39, 0.29) is 5.69 Å². The summed E-state index contributed by atoms with van der Waals surface area (Å²) in [5.41, 5.74) is 0.774. The number of nitroso groups, excluding NO2 is 1. The van der Waals surface area contributed by atoms with Crippen LogP contribution in [0.2, 0.25) is 0 Å². The highest BCUT2D eigenvalue weighted by atomic mass is 79.9. The maximum Gasteiger partial charge on any atom is 0.116 e. The number of benzene rings is 1. The zero-order chi connectivity index (χ0) is 15.6. The summed E-state index contributed by atoms with van der Waals surface area (Å²) < 4.78 is 0. The number of rotatable bonds is 4. The molecule has 0 radical (unpaired) electrons. The van der Waals surface area contributed by atoms with Gasteiger partial charge in [-0.05, 0) is 44.0 Å². The smallest absolute Gasteiger partial charge is 0.116 e. The second kappa shape index (κ2) is 5.73. The number of nitriles is 2. The molecule has 5 heteroatoms. The zero-order valence-corrected chi connectivity index (χ0v) is 13.6. The first kappa shape index (κ1) is 16.3. The van der Waals surface area contributed by atoms with Crippen LogP contribution in [-0.2, 0) is 16.2 Å². The van der Waals surface area contributed by atoms with Crippen LogP contribution in [-0.4, -0.2) is 0 Å². The Hall–Kier alpha value is -1.72. The molecule has 0 heterocycles. The van der Waals surface area contributed by atoms with Gasteiger partial charge >= 0.3 is 0 Å². The molecule has 1 rings (SSSR count). The van der Waals surface area contributed by atoms with Crippen LogP contribution in [0.3, 0.4) is 0 Å². The van der Waals surface area contributed by atoms with Crippen molar-refractivity contribution in [3.8, 4) is 12.1 Å². The molecule has 0 amide bonds. The van der Waals surface area contributed by atoms with Crippen LogP contribution >= 0.6 is 15.9 Å². The van der Waals surface area contributed by atoms with Gasteiger partial charge in [0.05, 0.1) is 23.0 Å². The van der Waals surface area contributed by atoms with Gasteiger partial charge in [-0.15, -0.1) is 4.91 Å². The first-order chi connectivity index (χ1) is 9.23. The van der Waals surface area contributed by atoms with Crippen LogP contribution in [0.25, 0.3) is 0 Å². The van der Waals surface area contributed by atoms with Gasteiger partial charge in [-0.2, -0.15) is 10.5 Å². The minimum atomic E-state index is -0.846. The fourth-order valence-electron chi connectivity index (χ4n) is 1.87. The van der Waals surface area contributed by atoms with Crippen molar-refractivity contribution in [3.63, 3.8) is 0 Å². The molecule has 1 aromatic carbocycles. The van der Waals surface area contributed by atoms with E-state index >= 15 is 0 Å². The molecule has 0 saturated carbocycles. The van der Waals surface area contributed by atoms with Crippen LogP contribution < -0.4 is 0 Å². The van der Waals surface area contributed by atoms with Crippen molar-refractivity contribution >= 4 is 21.6 Å². The molecule has 0 aromatic heterocycles. The number of halogens is 1. The summed E-state index contributed by atoms with van der Waals surface area (Å²) in [7, 11) is 0. The van der Waals surface area contributed by atoms with E-state index in [1.54, 1.807) is 39.8 Å². The summed E-state index contributed by atoms with van der Waals surface area (Å²) in [4.78, 5) is 11.2. The second-order valence-corrected chi connectivity index (χ2v) is 6.29. The van der Waals surface area contributed by atoms with Crippen molar-refractivity contribution in [1.29, 1.82) is 10.5 Å². The molecule has 0 unspecified atom stereocenters. The van der Waals surface area contributed by atoms with Gasteiger partial charge in [-0.1, -0.05) is 28.1 Å². The molecular formula is C15H16BrN3O. The number of alkyl halides is 1. The van der Waals surface area contributed by atoms with Gasteiger partial charge in [0, 0.05) is 10.9 Å². The molecule has 0 N–H and O–H groups in total.